The van der Waals surface area contributed by atoms with E-state index in [1.807, 2.05) is 19.9 Å². The molecule has 3 N–H and O–H groups in total. The number of carboxylic acids is 1. The fourth-order valence-corrected chi connectivity index (χ4v) is 1.44. The number of benzene rings is 1. The molecule has 96 valence electrons. The molecule has 18 heavy (non-hydrogen) atoms. The molecule has 0 aromatic heterocycles. The van der Waals surface area contributed by atoms with Gasteiger partial charge in [-0.05, 0) is 44.0 Å². The van der Waals surface area contributed by atoms with Gasteiger partial charge in [-0.2, -0.15) is 0 Å². The van der Waals surface area contributed by atoms with Crippen LogP contribution in [0.2, 0.25) is 0 Å². The Morgan fingerprint density at radius 1 is 1.28 bits per heavy atom. The first-order valence-electron chi connectivity index (χ1n) is 5.49. The van der Waals surface area contributed by atoms with Crippen molar-refractivity contribution in [3.8, 4) is 11.5 Å². The topological polar surface area (TPSA) is 77.8 Å². The Morgan fingerprint density at radius 3 is 2.50 bits per heavy atom. The second kappa shape index (κ2) is 5.91. The van der Waals surface area contributed by atoms with Crippen molar-refractivity contribution in [2.24, 2.45) is 0 Å². The molecule has 0 bridgehead atoms. The zero-order valence-electron chi connectivity index (χ0n) is 10.3. The Balaban J connectivity index is 3.10. The van der Waals surface area contributed by atoms with E-state index in [-0.39, 0.29) is 11.5 Å². The maximum absolute atomic E-state index is 10.4. The highest BCUT2D eigenvalue weighted by Crippen LogP contribution is 2.31. The summed E-state index contributed by atoms with van der Waals surface area (Å²) in [6, 6.07) is 2.97. The minimum Gasteiger partial charge on any atom is -0.504 e. The first kappa shape index (κ1) is 13.8. The lowest BCUT2D eigenvalue weighted by Gasteiger charge is -2.06. The number of aromatic hydroxyl groups is 2. The lowest BCUT2D eigenvalue weighted by atomic mass is 10.0. The van der Waals surface area contributed by atoms with Crippen LogP contribution in [0.1, 0.15) is 25.0 Å². The maximum Gasteiger partial charge on any atom is 0.328 e. The van der Waals surface area contributed by atoms with E-state index in [1.165, 1.54) is 12.1 Å². The van der Waals surface area contributed by atoms with Crippen molar-refractivity contribution in [3.05, 3.63) is 41.0 Å². The molecule has 0 saturated heterocycles. The molecular formula is C14H16O4. The number of rotatable bonds is 4. The van der Waals surface area contributed by atoms with Crippen LogP contribution < -0.4 is 0 Å². The summed E-state index contributed by atoms with van der Waals surface area (Å²) in [5, 5.41) is 27.8. The van der Waals surface area contributed by atoms with E-state index in [0.717, 1.165) is 11.6 Å². The predicted molar refractivity (Wildman–Crippen MR) is 69.6 cm³/mol. The van der Waals surface area contributed by atoms with Gasteiger partial charge in [-0.3, -0.25) is 0 Å². The molecule has 4 nitrogen and oxygen atoms in total. The quantitative estimate of drug-likeness (QED) is 0.435. The van der Waals surface area contributed by atoms with Gasteiger partial charge in [0.1, 0.15) is 0 Å². The summed E-state index contributed by atoms with van der Waals surface area (Å²) in [6.07, 6.45) is 4.75. The summed E-state index contributed by atoms with van der Waals surface area (Å²) < 4.78 is 0. The minimum atomic E-state index is -1.06. The summed E-state index contributed by atoms with van der Waals surface area (Å²) >= 11 is 0. The lowest BCUT2D eigenvalue weighted by Crippen LogP contribution is -1.89. The van der Waals surface area contributed by atoms with E-state index in [9.17, 15) is 15.0 Å². The third-order valence-corrected chi connectivity index (χ3v) is 2.34. The number of carboxylic acid groups (broad SMARTS) is 1. The molecule has 0 radical (unpaired) electrons. The largest absolute Gasteiger partial charge is 0.504 e. The average Bonchev–Trinajstić information content (AvgIpc) is 2.28. The summed E-state index contributed by atoms with van der Waals surface area (Å²) in [6.45, 7) is 3.87. The third kappa shape index (κ3) is 3.97. The van der Waals surface area contributed by atoms with Crippen LogP contribution in [0, 0.1) is 0 Å². The van der Waals surface area contributed by atoms with Crippen LogP contribution in [0.4, 0.5) is 0 Å². The Morgan fingerprint density at radius 2 is 1.94 bits per heavy atom. The molecule has 0 aliphatic heterocycles. The summed E-state index contributed by atoms with van der Waals surface area (Å²) in [5.41, 5.74) is 2.19. The third-order valence-electron chi connectivity index (χ3n) is 2.34. The summed E-state index contributed by atoms with van der Waals surface area (Å²) in [4.78, 5) is 10.4. The lowest BCUT2D eigenvalue weighted by molar-refractivity contribution is -0.131. The Labute approximate surface area is 106 Å². The molecule has 0 amide bonds. The second-order valence-corrected chi connectivity index (χ2v) is 4.20. The SMILES string of the molecule is CC(C)=CCc1cc(/C=C/C(=O)O)cc(O)c1O. The molecule has 1 rings (SSSR count). The van der Waals surface area contributed by atoms with Gasteiger partial charge in [-0.15, -0.1) is 0 Å². The zero-order valence-corrected chi connectivity index (χ0v) is 10.3. The molecule has 1 aromatic rings. The van der Waals surface area contributed by atoms with E-state index in [4.69, 9.17) is 5.11 Å². The number of hydrogen-bond acceptors (Lipinski definition) is 3. The van der Waals surface area contributed by atoms with E-state index in [1.54, 1.807) is 6.07 Å². The molecule has 0 aliphatic carbocycles. The van der Waals surface area contributed by atoms with Crippen LogP contribution in [0.15, 0.2) is 29.9 Å². The van der Waals surface area contributed by atoms with Crippen molar-refractivity contribution in [2.75, 3.05) is 0 Å². The standard InChI is InChI=1S/C14H16O4/c1-9(2)3-5-11-7-10(4-6-13(16)17)8-12(15)14(11)18/h3-4,6-8,15,18H,5H2,1-2H3,(H,16,17)/b6-4+. The van der Waals surface area contributed by atoms with Gasteiger partial charge in [0.25, 0.3) is 0 Å². The molecule has 0 saturated carbocycles. The zero-order chi connectivity index (χ0) is 13.7. The first-order valence-corrected chi connectivity index (χ1v) is 5.49. The normalized spacial score (nSPS) is 10.6. The van der Waals surface area contributed by atoms with Crippen molar-refractivity contribution in [1.82, 2.24) is 0 Å². The molecule has 0 spiro atoms. The van der Waals surface area contributed by atoms with Crippen molar-refractivity contribution in [1.29, 1.82) is 0 Å². The van der Waals surface area contributed by atoms with Crippen LogP contribution in [0.5, 0.6) is 11.5 Å². The number of allylic oxidation sites excluding steroid dienone is 2. The van der Waals surface area contributed by atoms with Gasteiger partial charge >= 0.3 is 5.97 Å². The minimum absolute atomic E-state index is 0.167. The number of carbonyl (C=O) groups is 1. The second-order valence-electron chi connectivity index (χ2n) is 4.20. The van der Waals surface area contributed by atoms with Crippen LogP contribution in [0.3, 0.4) is 0 Å². The number of hydrogen-bond donors (Lipinski definition) is 3. The number of aliphatic carboxylic acids is 1. The number of phenolic OH excluding ortho intramolecular Hbond substituents is 2. The van der Waals surface area contributed by atoms with Crippen LogP contribution >= 0.6 is 0 Å². The van der Waals surface area contributed by atoms with Gasteiger partial charge in [-0.1, -0.05) is 11.6 Å². The number of phenols is 2. The molecule has 0 aliphatic rings. The molecule has 0 unspecified atom stereocenters. The van der Waals surface area contributed by atoms with Gasteiger partial charge in [0, 0.05) is 11.6 Å². The Bertz CT molecular complexity index is 509. The Hall–Kier alpha value is -2.23. The van der Waals surface area contributed by atoms with Crippen molar-refractivity contribution in [2.45, 2.75) is 20.3 Å². The molecule has 0 atom stereocenters. The summed E-state index contributed by atoms with van der Waals surface area (Å²) in [5.74, 6) is -1.48. The Kier molecular flexibility index (Phi) is 4.54. The molecule has 1 aromatic carbocycles. The maximum atomic E-state index is 10.4. The van der Waals surface area contributed by atoms with Gasteiger partial charge in [0.05, 0.1) is 0 Å². The average molecular weight is 248 g/mol. The smallest absolute Gasteiger partial charge is 0.328 e. The summed E-state index contributed by atoms with van der Waals surface area (Å²) in [7, 11) is 0. The monoisotopic (exact) mass is 248 g/mol. The van der Waals surface area contributed by atoms with E-state index < -0.39 is 5.97 Å². The fourth-order valence-electron chi connectivity index (χ4n) is 1.44. The van der Waals surface area contributed by atoms with Gasteiger partial charge < -0.3 is 15.3 Å². The van der Waals surface area contributed by atoms with Gasteiger partial charge in [-0.25, -0.2) is 4.79 Å². The highest BCUT2D eigenvalue weighted by molar-refractivity contribution is 5.85. The van der Waals surface area contributed by atoms with Crippen LogP contribution in [-0.4, -0.2) is 21.3 Å². The van der Waals surface area contributed by atoms with Gasteiger partial charge in [0.2, 0.25) is 0 Å². The molecular weight excluding hydrogens is 232 g/mol. The predicted octanol–water partition coefficient (Wildman–Crippen LogP) is 2.70. The molecule has 0 fully saturated rings. The van der Waals surface area contributed by atoms with Crippen molar-refractivity contribution >= 4 is 12.0 Å². The van der Waals surface area contributed by atoms with Crippen molar-refractivity contribution < 1.29 is 20.1 Å². The van der Waals surface area contributed by atoms with Crippen molar-refractivity contribution in [3.63, 3.8) is 0 Å². The highest BCUT2D eigenvalue weighted by Gasteiger charge is 2.07. The highest BCUT2D eigenvalue weighted by atomic mass is 16.4. The van der Waals surface area contributed by atoms with E-state index in [0.29, 0.717) is 17.5 Å². The van der Waals surface area contributed by atoms with Crippen LogP contribution in [-0.2, 0) is 11.2 Å². The van der Waals surface area contributed by atoms with Gasteiger partial charge in [0.15, 0.2) is 11.5 Å². The van der Waals surface area contributed by atoms with Crippen LogP contribution in [0.25, 0.3) is 6.08 Å². The van der Waals surface area contributed by atoms with E-state index >= 15 is 0 Å². The molecule has 0 heterocycles. The fraction of sp³-hybridized carbons (Fsp3) is 0.214. The first-order chi connectivity index (χ1) is 8.40. The van der Waals surface area contributed by atoms with E-state index in [2.05, 4.69) is 0 Å². The molecule has 4 heteroatoms.